The van der Waals surface area contributed by atoms with Crippen LogP contribution >= 0.6 is 0 Å². The van der Waals surface area contributed by atoms with Gasteiger partial charge in [-0.2, -0.15) is 0 Å². The summed E-state index contributed by atoms with van der Waals surface area (Å²) in [5.41, 5.74) is 1.30. The molecule has 0 aliphatic heterocycles. The van der Waals surface area contributed by atoms with Crippen molar-refractivity contribution in [3.63, 3.8) is 0 Å². The molecule has 0 unspecified atom stereocenters. The van der Waals surface area contributed by atoms with Crippen molar-refractivity contribution in [2.45, 2.75) is 0 Å². The van der Waals surface area contributed by atoms with E-state index in [4.69, 9.17) is 0 Å². The third kappa shape index (κ3) is 1.86. The third-order valence-corrected chi connectivity index (χ3v) is 3.46. The van der Waals surface area contributed by atoms with Crippen LogP contribution in [-0.4, -0.2) is 8.59 Å². The van der Waals surface area contributed by atoms with Crippen LogP contribution in [0, 0.1) is 0 Å². The molecule has 0 radical (unpaired) electrons. The molecule has 0 bridgehead atoms. The van der Waals surface area contributed by atoms with Gasteiger partial charge in [0.15, 0.2) is 0 Å². The zero-order valence-corrected chi connectivity index (χ0v) is 9.99. The molecule has 0 spiro atoms. The van der Waals surface area contributed by atoms with E-state index in [9.17, 15) is 0 Å². The average molecular weight is 339 g/mol. The summed E-state index contributed by atoms with van der Waals surface area (Å²) in [6.07, 6.45) is 4.16. The van der Waals surface area contributed by atoms with Gasteiger partial charge in [0.25, 0.3) is 0 Å². The number of hydrogen-bond donors (Lipinski definition) is 0. The first-order chi connectivity index (χ1) is 6.38. The molecule has 0 fully saturated rings. The molecule has 64 valence electrons. The van der Waals surface area contributed by atoms with Crippen molar-refractivity contribution in [2.75, 3.05) is 0 Å². The van der Waals surface area contributed by atoms with Gasteiger partial charge in [0.1, 0.15) is 0 Å². The van der Waals surface area contributed by atoms with E-state index < -0.39 is 0 Å². The molecule has 1 aromatic heterocycles. The predicted molar refractivity (Wildman–Crippen MR) is 50.4 cm³/mol. The van der Waals surface area contributed by atoms with Crippen LogP contribution < -0.4 is 0 Å². The quantitative estimate of drug-likeness (QED) is 0.790. The second-order valence-electron chi connectivity index (χ2n) is 2.76. The minimum absolute atomic E-state index is 1.30. The molecule has 1 heterocycles. The van der Waals surface area contributed by atoms with Crippen LogP contribution in [0.1, 0.15) is 5.56 Å². The van der Waals surface area contributed by atoms with Gasteiger partial charge in [0, 0.05) is 0 Å². The van der Waals surface area contributed by atoms with Crippen molar-refractivity contribution < 1.29 is 19.4 Å². The van der Waals surface area contributed by atoms with E-state index in [1.165, 1.54) is 28.9 Å². The average Bonchev–Trinajstić information content (AvgIpc) is 2.71. The Morgan fingerprint density at radius 3 is 2.15 bits per heavy atom. The second kappa shape index (κ2) is 3.84. The molecule has 2 aromatic rings. The van der Waals surface area contributed by atoms with Crippen LogP contribution in [0.25, 0.3) is 0 Å². The minimum atomic E-state index is 1.30. The van der Waals surface area contributed by atoms with Crippen LogP contribution in [0.3, 0.4) is 0 Å². The first-order valence-electron chi connectivity index (χ1n) is 4.10. The number of nitrogens with zero attached hydrogens (tertiary/aromatic N) is 1. The molecule has 2 heteroatoms. The second-order valence-corrected chi connectivity index (χ2v) is 4.15. The first-order valence-corrected chi connectivity index (χ1v) is 5.57. The summed E-state index contributed by atoms with van der Waals surface area (Å²) >= 11 is 1.48. The van der Waals surface area contributed by atoms with E-state index in [2.05, 4.69) is 41.2 Å². The van der Waals surface area contributed by atoms with Crippen LogP contribution in [0.2, 0.25) is 0 Å². The predicted octanol–water partition coefficient (Wildman–Crippen LogP) is 2.06. The topological polar surface area (TPSA) is 4.93 Å². The van der Waals surface area contributed by atoms with Gasteiger partial charge in [-0.25, -0.2) is 0 Å². The fourth-order valence-electron chi connectivity index (χ4n) is 1.20. The maximum atomic E-state index is 2.16. The fraction of sp³-hybridized carbons (Fsp3) is 0. The summed E-state index contributed by atoms with van der Waals surface area (Å²) in [5.74, 6) is 0. The fourth-order valence-corrected chi connectivity index (χ4v) is 2.13. The molecule has 0 aliphatic carbocycles. The van der Waals surface area contributed by atoms with Crippen molar-refractivity contribution in [3.05, 3.63) is 60.4 Å². The van der Waals surface area contributed by atoms with Gasteiger partial charge in [0.05, 0.1) is 0 Å². The molecule has 0 aliphatic rings. The summed E-state index contributed by atoms with van der Waals surface area (Å²) in [6, 6.07) is 14.6. The standard InChI is InChI=1S/C11H9N.W/c1-2-6-11(7-3-1)10-12-8-4-5-9-12;/h1-9H;. The third-order valence-electron chi connectivity index (χ3n) is 1.86. The van der Waals surface area contributed by atoms with Gasteiger partial charge in [-0.15, -0.1) is 0 Å². The Balaban J connectivity index is 2.34. The van der Waals surface area contributed by atoms with Gasteiger partial charge >= 0.3 is 88.4 Å². The number of rotatable bonds is 2. The van der Waals surface area contributed by atoms with Gasteiger partial charge < -0.3 is 0 Å². The van der Waals surface area contributed by atoms with E-state index >= 15 is 0 Å². The van der Waals surface area contributed by atoms with Crippen molar-refractivity contribution in [2.24, 2.45) is 0 Å². The zero-order chi connectivity index (χ0) is 9.10. The van der Waals surface area contributed by atoms with Crippen LogP contribution in [-0.2, 0) is 19.4 Å². The van der Waals surface area contributed by atoms with Crippen LogP contribution in [0.15, 0.2) is 54.9 Å². The Labute approximate surface area is 88.4 Å². The van der Waals surface area contributed by atoms with Gasteiger partial charge in [0.2, 0.25) is 0 Å². The Hall–Kier alpha value is -0.942. The van der Waals surface area contributed by atoms with E-state index in [1.54, 1.807) is 0 Å². The van der Waals surface area contributed by atoms with Crippen molar-refractivity contribution in [3.8, 4) is 0 Å². The molecule has 0 saturated heterocycles. The summed E-state index contributed by atoms with van der Waals surface area (Å²) in [7, 11) is 0. The normalized spacial score (nSPS) is 9.85. The van der Waals surface area contributed by atoms with Gasteiger partial charge in [-0.1, -0.05) is 0 Å². The van der Waals surface area contributed by atoms with E-state index in [-0.39, 0.29) is 0 Å². The summed E-state index contributed by atoms with van der Waals surface area (Å²) in [6.45, 7) is 0. The zero-order valence-electron chi connectivity index (χ0n) is 7.05. The van der Waals surface area contributed by atoms with Crippen molar-refractivity contribution in [1.82, 2.24) is 4.57 Å². The van der Waals surface area contributed by atoms with Crippen LogP contribution in [0.4, 0.5) is 0 Å². The molecule has 13 heavy (non-hydrogen) atoms. The SMILES string of the molecule is [W]=[C](c1ccccc1)n1cccc1. The van der Waals surface area contributed by atoms with E-state index in [1.807, 2.05) is 18.2 Å². The molecular weight excluding hydrogens is 330 g/mol. The number of aromatic nitrogens is 1. The van der Waals surface area contributed by atoms with Crippen molar-refractivity contribution >= 4 is 4.02 Å². The van der Waals surface area contributed by atoms with Gasteiger partial charge in [-0.3, -0.25) is 0 Å². The Morgan fingerprint density at radius 1 is 0.923 bits per heavy atom. The molecule has 0 amide bonds. The summed E-state index contributed by atoms with van der Waals surface area (Å²) < 4.78 is 3.50. The molecular formula is C11H9NW. The van der Waals surface area contributed by atoms with Gasteiger partial charge in [-0.05, 0) is 0 Å². The summed E-state index contributed by atoms with van der Waals surface area (Å²) in [4.78, 5) is 0. The Morgan fingerprint density at radius 2 is 1.54 bits per heavy atom. The summed E-state index contributed by atoms with van der Waals surface area (Å²) in [5, 5.41) is 0. The molecule has 2 rings (SSSR count). The first kappa shape index (κ1) is 8.65. The van der Waals surface area contributed by atoms with E-state index in [0.717, 1.165) is 0 Å². The molecule has 1 aromatic carbocycles. The molecule has 0 N–H and O–H groups in total. The molecule has 0 atom stereocenters. The Kier molecular flexibility index (Phi) is 2.56. The Bertz CT molecular complexity index is 389. The molecule has 0 saturated carbocycles. The van der Waals surface area contributed by atoms with E-state index in [0.29, 0.717) is 0 Å². The number of benzene rings is 1. The number of hydrogen-bond acceptors (Lipinski definition) is 0. The molecule has 1 nitrogen and oxygen atoms in total. The van der Waals surface area contributed by atoms with Crippen LogP contribution in [0.5, 0.6) is 0 Å². The monoisotopic (exact) mass is 339 g/mol. The maximum absolute atomic E-state index is 2.16. The van der Waals surface area contributed by atoms with Crippen molar-refractivity contribution in [1.29, 1.82) is 0 Å².